The van der Waals surface area contributed by atoms with Crippen molar-refractivity contribution in [2.24, 2.45) is 0 Å². The Kier molecular flexibility index (Phi) is 10.9. The van der Waals surface area contributed by atoms with E-state index in [1.165, 1.54) is 63.3 Å². The molecule has 0 N–H and O–H groups in total. The Morgan fingerprint density at radius 3 is 1.01 bits per heavy atom. The standard InChI is InChI=1S/C72H46N2OS2/c1-7-19-47(20-8-1)61-39-55-43-69(49-23-11-3-12-24-49)76-71(55)45-65(61)73(57-27-15-5-16-28-57)59-33-31-51-37-63-64-38-52-32-34-60(36-54(52)42-68(64)75-67(63)41-53(51)35-59)74(58-29-17-6-18-30-58)66-46-72-56(40-62(66)48-21-9-2-10-22-48)44-70(77-72)50-25-13-4-14-26-50/h1-46H. The average molecular weight is 1020 g/mol. The van der Waals surface area contributed by atoms with Crippen LogP contribution in [0.15, 0.2) is 283 Å². The fourth-order valence-corrected chi connectivity index (χ4v) is 13.4. The molecule has 0 saturated heterocycles. The third-order valence-electron chi connectivity index (χ3n) is 14.9. The van der Waals surface area contributed by atoms with Gasteiger partial charge in [-0.05, 0) is 164 Å². The largest absolute Gasteiger partial charge is 0.456 e. The topological polar surface area (TPSA) is 19.6 Å². The van der Waals surface area contributed by atoms with Gasteiger partial charge in [-0.25, -0.2) is 0 Å². The Balaban J connectivity index is 0.854. The number of fused-ring (bicyclic) bond motifs is 7. The molecule has 0 atom stereocenters. The first-order chi connectivity index (χ1) is 38.1. The molecule has 3 aromatic heterocycles. The molecule has 0 aliphatic rings. The van der Waals surface area contributed by atoms with E-state index in [0.717, 1.165) is 77.6 Å². The summed E-state index contributed by atoms with van der Waals surface area (Å²) >= 11 is 3.68. The van der Waals surface area contributed by atoms with Gasteiger partial charge in [0.05, 0.1) is 11.4 Å². The maximum absolute atomic E-state index is 6.91. The molecule has 0 amide bonds. The number of benzene rings is 12. The van der Waals surface area contributed by atoms with Crippen LogP contribution in [-0.4, -0.2) is 0 Å². The molecule has 0 spiro atoms. The molecular weight excluding hydrogens is 973 g/mol. The molecule has 5 heteroatoms. The van der Waals surface area contributed by atoms with Gasteiger partial charge in [-0.1, -0.05) is 170 Å². The second-order valence-corrected chi connectivity index (χ2v) is 21.9. The van der Waals surface area contributed by atoms with Crippen molar-refractivity contribution < 1.29 is 4.42 Å². The van der Waals surface area contributed by atoms with Crippen LogP contribution in [0.2, 0.25) is 0 Å². The van der Waals surface area contributed by atoms with E-state index < -0.39 is 0 Å². The van der Waals surface area contributed by atoms with Gasteiger partial charge in [-0.15, -0.1) is 22.7 Å². The summed E-state index contributed by atoms with van der Waals surface area (Å²) in [5.41, 5.74) is 15.4. The van der Waals surface area contributed by atoms with E-state index in [0.29, 0.717) is 0 Å². The Bertz CT molecular complexity index is 4370. The molecule has 0 radical (unpaired) electrons. The van der Waals surface area contributed by atoms with Gasteiger partial charge in [0.25, 0.3) is 0 Å². The first-order valence-electron chi connectivity index (χ1n) is 26.0. The van der Waals surface area contributed by atoms with Crippen LogP contribution in [0.5, 0.6) is 0 Å². The Morgan fingerprint density at radius 2 is 0.623 bits per heavy atom. The summed E-state index contributed by atoms with van der Waals surface area (Å²) < 4.78 is 9.39. The van der Waals surface area contributed by atoms with Crippen molar-refractivity contribution in [1.29, 1.82) is 0 Å². The zero-order chi connectivity index (χ0) is 50.8. The number of para-hydroxylation sites is 2. The highest BCUT2D eigenvalue weighted by molar-refractivity contribution is 7.22. The smallest absolute Gasteiger partial charge is 0.136 e. The molecule has 0 aliphatic carbocycles. The minimum Gasteiger partial charge on any atom is -0.456 e. The monoisotopic (exact) mass is 1020 g/mol. The van der Waals surface area contributed by atoms with Crippen LogP contribution in [-0.2, 0) is 0 Å². The summed E-state index contributed by atoms with van der Waals surface area (Å²) in [4.78, 5) is 7.35. The van der Waals surface area contributed by atoms with Crippen LogP contribution in [0.25, 0.3) is 107 Å². The maximum atomic E-state index is 6.91. The highest BCUT2D eigenvalue weighted by Crippen LogP contribution is 2.49. The molecule has 15 rings (SSSR count). The zero-order valence-corrected chi connectivity index (χ0v) is 43.3. The van der Waals surface area contributed by atoms with Gasteiger partial charge in [0.15, 0.2) is 0 Å². The van der Waals surface area contributed by atoms with Crippen LogP contribution in [0, 0.1) is 0 Å². The predicted molar refractivity (Wildman–Crippen MR) is 331 cm³/mol. The predicted octanol–water partition coefficient (Wildman–Crippen LogP) is 21.9. The Morgan fingerprint density at radius 1 is 0.260 bits per heavy atom. The van der Waals surface area contributed by atoms with E-state index in [4.69, 9.17) is 4.42 Å². The van der Waals surface area contributed by atoms with Crippen molar-refractivity contribution in [3.8, 4) is 43.1 Å². The van der Waals surface area contributed by atoms with Gasteiger partial charge < -0.3 is 14.2 Å². The van der Waals surface area contributed by atoms with Crippen molar-refractivity contribution in [2.45, 2.75) is 0 Å². The number of rotatable bonds is 10. The molecule has 0 saturated carbocycles. The van der Waals surface area contributed by atoms with Crippen LogP contribution in [0.4, 0.5) is 34.1 Å². The lowest BCUT2D eigenvalue weighted by molar-refractivity contribution is 0.670. The molecule has 3 nitrogen and oxygen atoms in total. The van der Waals surface area contributed by atoms with Crippen LogP contribution >= 0.6 is 22.7 Å². The Hall–Kier alpha value is -9.52. The molecule has 0 aliphatic heterocycles. The lowest BCUT2D eigenvalue weighted by atomic mass is 9.99. The van der Waals surface area contributed by atoms with Crippen molar-refractivity contribution in [1.82, 2.24) is 0 Å². The molecule has 12 aromatic carbocycles. The van der Waals surface area contributed by atoms with Crippen LogP contribution in [0.3, 0.4) is 0 Å². The summed E-state index contributed by atoms with van der Waals surface area (Å²) in [5, 5.41) is 9.21. The molecule has 3 heterocycles. The number of hydrogen-bond acceptors (Lipinski definition) is 5. The number of hydrogen-bond donors (Lipinski definition) is 0. The normalized spacial score (nSPS) is 11.6. The summed E-state index contributed by atoms with van der Waals surface area (Å²) in [6.07, 6.45) is 0. The van der Waals surface area contributed by atoms with Crippen LogP contribution in [0.1, 0.15) is 0 Å². The van der Waals surface area contributed by atoms with E-state index in [2.05, 4.69) is 289 Å². The van der Waals surface area contributed by atoms with Crippen molar-refractivity contribution >= 4 is 120 Å². The highest BCUT2D eigenvalue weighted by atomic mass is 32.1. The minimum atomic E-state index is 0.863. The van der Waals surface area contributed by atoms with E-state index in [9.17, 15) is 0 Å². The first-order valence-corrected chi connectivity index (χ1v) is 27.7. The van der Waals surface area contributed by atoms with E-state index >= 15 is 0 Å². The first kappa shape index (κ1) is 44.9. The quantitative estimate of drug-likeness (QED) is 0.136. The SMILES string of the molecule is c1ccc(-c2cc3cc(-c4ccccc4)c(N(c4ccccc4)c4ccc5cc6c(cc5c4)oc4cc5cc(N(c7ccccc7)c7cc8sc(-c9ccccc9)cc8cc7-c7ccccc7)ccc5cc46)cc3s2)cc1. The fourth-order valence-electron chi connectivity index (χ4n) is 11.2. The maximum Gasteiger partial charge on any atom is 0.136 e. The number of furan rings is 1. The third-order valence-corrected chi connectivity index (χ3v) is 17.2. The van der Waals surface area contributed by atoms with Crippen molar-refractivity contribution in [3.63, 3.8) is 0 Å². The van der Waals surface area contributed by atoms with E-state index in [1.807, 2.05) is 22.7 Å². The van der Waals surface area contributed by atoms with Gasteiger partial charge in [0.2, 0.25) is 0 Å². The lowest BCUT2D eigenvalue weighted by Gasteiger charge is -2.28. The number of thiophene rings is 2. The molecule has 77 heavy (non-hydrogen) atoms. The van der Waals surface area contributed by atoms with Gasteiger partial charge in [-0.2, -0.15) is 0 Å². The van der Waals surface area contributed by atoms with Crippen molar-refractivity contribution in [3.05, 3.63) is 279 Å². The van der Waals surface area contributed by atoms with Gasteiger partial charge in [-0.3, -0.25) is 0 Å². The number of anilines is 6. The van der Waals surface area contributed by atoms with Crippen molar-refractivity contribution in [2.75, 3.05) is 9.80 Å². The second-order valence-electron chi connectivity index (χ2n) is 19.7. The molecular formula is C72H46N2OS2. The summed E-state index contributed by atoms with van der Waals surface area (Å²) in [6, 6.07) is 101. The van der Waals surface area contributed by atoms with Gasteiger partial charge in [0, 0.05) is 63.8 Å². The average Bonchev–Trinajstić information content (AvgIpc) is 4.24. The Labute approximate surface area is 454 Å². The summed E-state index contributed by atoms with van der Waals surface area (Å²) in [5.74, 6) is 0. The summed E-state index contributed by atoms with van der Waals surface area (Å²) in [7, 11) is 0. The van der Waals surface area contributed by atoms with Crippen LogP contribution < -0.4 is 9.80 Å². The van der Waals surface area contributed by atoms with Gasteiger partial charge >= 0.3 is 0 Å². The number of nitrogens with zero attached hydrogens (tertiary/aromatic N) is 2. The molecule has 362 valence electrons. The third kappa shape index (κ3) is 8.12. The minimum absolute atomic E-state index is 0.863. The van der Waals surface area contributed by atoms with E-state index in [1.54, 1.807) is 0 Å². The molecule has 15 aromatic rings. The lowest BCUT2D eigenvalue weighted by Crippen LogP contribution is -2.11. The highest BCUT2D eigenvalue weighted by Gasteiger charge is 2.23. The molecule has 0 bridgehead atoms. The van der Waals surface area contributed by atoms with Gasteiger partial charge in [0.1, 0.15) is 11.2 Å². The molecule has 0 unspecified atom stereocenters. The molecule has 0 fully saturated rings. The fraction of sp³-hybridized carbons (Fsp3) is 0. The summed E-state index contributed by atoms with van der Waals surface area (Å²) in [6.45, 7) is 0. The van der Waals surface area contributed by atoms with E-state index in [-0.39, 0.29) is 0 Å². The zero-order valence-electron chi connectivity index (χ0n) is 41.7. The second kappa shape index (κ2) is 18.7.